The molecule has 1 aliphatic rings. The number of rotatable bonds is 1. The van der Waals surface area contributed by atoms with Crippen LogP contribution in [0.3, 0.4) is 0 Å². The van der Waals surface area contributed by atoms with Crippen LogP contribution in [-0.4, -0.2) is 23.9 Å². The molecule has 4 rings (SSSR count). The van der Waals surface area contributed by atoms with E-state index in [2.05, 4.69) is 48.2 Å². The summed E-state index contributed by atoms with van der Waals surface area (Å²) in [6, 6.07) is 20.5. The van der Waals surface area contributed by atoms with Crippen LogP contribution >= 0.6 is 11.8 Å². The second kappa shape index (κ2) is 6.61. The van der Waals surface area contributed by atoms with Gasteiger partial charge in [0.2, 0.25) is 0 Å². The van der Waals surface area contributed by atoms with Crippen molar-refractivity contribution >= 4 is 64.1 Å². The maximum Gasteiger partial charge on any atom is 0.0622 e. The predicted molar refractivity (Wildman–Crippen MR) is 105 cm³/mol. The number of anilines is 5. The smallest absolute Gasteiger partial charge is 0.0622 e. The Kier molecular flexibility index (Phi) is 4.69. The zero-order valence-electron chi connectivity index (χ0n) is 13.3. The summed E-state index contributed by atoms with van der Waals surface area (Å²) in [5.74, 6) is 0. The summed E-state index contributed by atoms with van der Waals surface area (Å²) < 4.78 is 0. The summed E-state index contributed by atoms with van der Waals surface area (Å²) in [5.41, 5.74) is 18.2. The first-order chi connectivity index (χ1) is 11.1. The Bertz CT molecular complexity index is 911. The van der Waals surface area contributed by atoms with E-state index in [4.69, 9.17) is 11.5 Å². The first kappa shape index (κ1) is 17.0. The van der Waals surface area contributed by atoms with Crippen molar-refractivity contribution in [1.82, 2.24) is 0 Å². The average molecular weight is 438 g/mol. The van der Waals surface area contributed by atoms with E-state index in [1.807, 2.05) is 24.3 Å². The number of fused-ring (bicyclic) bond motifs is 2. The third kappa shape index (κ3) is 2.84. The molecular formula is C19H17N3SSn. The Hall–Kier alpha value is -1.79. The molecule has 24 heavy (non-hydrogen) atoms. The van der Waals surface area contributed by atoms with Crippen LogP contribution < -0.4 is 16.4 Å². The zero-order chi connectivity index (χ0) is 16.0. The SMILES string of the molecule is Cc1ccccc1N1c2ccc(N)cc2Sc2ccc(N)cc21.[Sn]. The predicted octanol–water partition coefficient (Wildman–Crippen LogP) is 4.71. The fraction of sp³-hybridized carbons (Fsp3) is 0.0526. The van der Waals surface area contributed by atoms with E-state index in [9.17, 15) is 0 Å². The van der Waals surface area contributed by atoms with E-state index >= 15 is 0 Å². The van der Waals surface area contributed by atoms with Crippen LogP contribution in [0.1, 0.15) is 5.56 Å². The maximum atomic E-state index is 6.05. The normalized spacial score (nSPS) is 12.1. The molecule has 4 radical (unpaired) electrons. The van der Waals surface area contributed by atoms with Crippen molar-refractivity contribution in [1.29, 1.82) is 0 Å². The number of para-hydroxylation sites is 1. The molecule has 3 aromatic rings. The number of hydrogen-bond donors (Lipinski definition) is 2. The van der Waals surface area contributed by atoms with Gasteiger partial charge in [0, 0.05) is 50.8 Å². The molecule has 1 heterocycles. The summed E-state index contributed by atoms with van der Waals surface area (Å²) in [5, 5.41) is 0. The molecule has 118 valence electrons. The fourth-order valence-corrected chi connectivity index (χ4v) is 4.00. The number of aryl methyl sites for hydroxylation is 1. The van der Waals surface area contributed by atoms with Crippen LogP contribution in [0.25, 0.3) is 0 Å². The molecule has 1 aliphatic heterocycles. The summed E-state index contributed by atoms with van der Waals surface area (Å²) in [7, 11) is 0. The topological polar surface area (TPSA) is 55.3 Å². The van der Waals surface area contributed by atoms with Gasteiger partial charge in [-0.2, -0.15) is 0 Å². The average Bonchev–Trinajstić information content (AvgIpc) is 2.54. The quantitative estimate of drug-likeness (QED) is 0.334. The van der Waals surface area contributed by atoms with Gasteiger partial charge in [-0.1, -0.05) is 30.0 Å². The van der Waals surface area contributed by atoms with Gasteiger partial charge in [0.15, 0.2) is 0 Å². The maximum absolute atomic E-state index is 6.05. The molecule has 0 unspecified atom stereocenters. The number of nitrogen functional groups attached to an aromatic ring is 2. The van der Waals surface area contributed by atoms with Gasteiger partial charge >= 0.3 is 0 Å². The number of nitrogens with zero attached hydrogens (tertiary/aromatic N) is 1. The van der Waals surface area contributed by atoms with E-state index in [1.54, 1.807) is 11.8 Å². The van der Waals surface area contributed by atoms with Gasteiger partial charge in [-0.15, -0.1) is 0 Å². The van der Waals surface area contributed by atoms with Gasteiger partial charge in [0.1, 0.15) is 0 Å². The molecule has 4 N–H and O–H groups in total. The third-order valence-electron chi connectivity index (χ3n) is 4.02. The molecule has 3 nitrogen and oxygen atoms in total. The number of hydrogen-bond acceptors (Lipinski definition) is 4. The molecule has 0 fully saturated rings. The van der Waals surface area contributed by atoms with Crippen LogP contribution in [-0.2, 0) is 0 Å². The van der Waals surface area contributed by atoms with Crippen molar-refractivity contribution in [2.75, 3.05) is 16.4 Å². The van der Waals surface area contributed by atoms with E-state index in [0.29, 0.717) is 0 Å². The second-order valence-corrected chi connectivity index (χ2v) is 6.76. The summed E-state index contributed by atoms with van der Waals surface area (Å²) in [6.45, 7) is 2.13. The molecule has 3 aromatic carbocycles. The third-order valence-corrected chi connectivity index (χ3v) is 5.14. The van der Waals surface area contributed by atoms with Gasteiger partial charge in [-0.25, -0.2) is 0 Å². The molecule has 0 atom stereocenters. The number of benzene rings is 3. The van der Waals surface area contributed by atoms with Gasteiger partial charge in [-0.05, 0) is 55.0 Å². The van der Waals surface area contributed by atoms with E-state index < -0.39 is 0 Å². The molecule has 0 aliphatic carbocycles. The summed E-state index contributed by atoms with van der Waals surface area (Å²) in [4.78, 5) is 4.61. The molecular weight excluding hydrogens is 421 g/mol. The minimum absolute atomic E-state index is 0. The Labute approximate surface area is 163 Å². The van der Waals surface area contributed by atoms with Crippen LogP contribution in [0.5, 0.6) is 0 Å². The largest absolute Gasteiger partial charge is 0.399 e. The van der Waals surface area contributed by atoms with Crippen molar-refractivity contribution in [3.05, 3.63) is 66.2 Å². The minimum atomic E-state index is 0. The van der Waals surface area contributed by atoms with Crippen molar-refractivity contribution < 1.29 is 0 Å². The van der Waals surface area contributed by atoms with Gasteiger partial charge in [0.25, 0.3) is 0 Å². The molecule has 0 saturated carbocycles. The first-order valence-electron chi connectivity index (χ1n) is 7.46. The van der Waals surface area contributed by atoms with Crippen molar-refractivity contribution in [2.24, 2.45) is 0 Å². The van der Waals surface area contributed by atoms with E-state index in [-0.39, 0.29) is 23.9 Å². The molecule has 0 bridgehead atoms. The van der Waals surface area contributed by atoms with Crippen LogP contribution in [0.4, 0.5) is 28.4 Å². The Balaban J connectivity index is 0.00000169. The second-order valence-electron chi connectivity index (χ2n) is 5.68. The van der Waals surface area contributed by atoms with Crippen LogP contribution in [0, 0.1) is 6.92 Å². The van der Waals surface area contributed by atoms with Gasteiger partial charge < -0.3 is 16.4 Å². The van der Waals surface area contributed by atoms with Gasteiger partial charge in [0.05, 0.1) is 11.4 Å². The fourth-order valence-electron chi connectivity index (χ4n) is 2.91. The first-order valence-corrected chi connectivity index (χ1v) is 8.28. The van der Waals surface area contributed by atoms with Crippen molar-refractivity contribution in [3.63, 3.8) is 0 Å². The standard InChI is InChI=1S/C19H17N3S.Sn/c1-12-4-2-3-5-15(12)22-16-8-6-14(21)11-19(16)23-18-9-7-13(20)10-17(18)22;/h2-11H,20-21H2,1H3;. The monoisotopic (exact) mass is 439 g/mol. The summed E-state index contributed by atoms with van der Waals surface area (Å²) >= 11 is 1.73. The number of nitrogens with two attached hydrogens (primary N) is 2. The molecule has 0 saturated heterocycles. The Morgan fingerprint density at radius 2 is 1.46 bits per heavy atom. The molecule has 5 heteroatoms. The Morgan fingerprint density at radius 3 is 2.25 bits per heavy atom. The van der Waals surface area contributed by atoms with Gasteiger partial charge in [-0.3, -0.25) is 0 Å². The van der Waals surface area contributed by atoms with Crippen molar-refractivity contribution in [2.45, 2.75) is 16.7 Å². The molecule has 0 amide bonds. The zero-order valence-corrected chi connectivity index (χ0v) is 17.0. The summed E-state index contributed by atoms with van der Waals surface area (Å²) in [6.07, 6.45) is 0. The Morgan fingerprint density at radius 1 is 0.750 bits per heavy atom. The molecule has 0 aromatic heterocycles. The molecule has 0 spiro atoms. The minimum Gasteiger partial charge on any atom is -0.399 e. The van der Waals surface area contributed by atoms with Crippen LogP contribution in [0.2, 0.25) is 0 Å². The van der Waals surface area contributed by atoms with Crippen molar-refractivity contribution in [3.8, 4) is 0 Å². The van der Waals surface area contributed by atoms with E-state index in [1.165, 1.54) is 10.5 Å². The van der Waals surface area contributed by atoms with E-state index in [0.717, 1.165) is 33.3 Å². The van der Waals surface area contributed by atoms with Crippen LogP contribution in [0.15, 0.2) is 70.5 Å².